The number of rotatable bonds is 3. The lowest BCUT2D eigenvalue weighted by Gasteiger charge is -2.15. The quantitative estimate of drug-likeness (QED) is 0.762. The van der Waals surface area contributed by atoms with Crippen LogP contribution in [0.1, 0.15) is 36.1 Å². The van der Waals surface area contributed by atoms with E-state index in [0.29, 0.717) is 11.5 Å². The summed E-state index contributed by atoms with van der Waals surface area (Å²) in [6, 6.07) is 11.3. The number of allylic oxidation sites excluding steroid dienone is 4. The summed E-state index contributed by atoms with van der Waals surface area (Å²) in [4.78, 5) is 0. The second kappa shape index (κ2) is 6.52. The van der Waals surface area contributed by atoms with Crippen LogP contribution in [0.15, 0.2) is 48.6 Å². The minimum absolute atomic E-state index is 0.307. The zero-order valence-electron chi connectivity index (χ0n) is 13.5. The molecule has 0 heterocycles. The summed E-state index contributed by atoms with van der Waals surface area (Å²) >= 11 is 0. The Balaban J connectivity index is 2.52. The molecule has 2 N–H and O–H groups in total. The predicted molar refractivity (Wildman–Crippen MR) is 93.0 cm³/mol. The molecule has 0 bridgehead atoms. The molecule has 0 aliphatic heterocycles. The number of benzene rings is 2. The summed E-state index contributed by atoms with van der Waals surface area (Å²) in [5.74, 6) is 0.614. The summed E-state index contributed by atoms with van der Waals surface area (Å²) in [6.45, 7) is 7.81. The van der Waals surface area contributed by atoms with Crippen LogP contribution in [0.2, 0.25) is 0 Å². The van der Waals surface area contributed by atoms with Gasteiger partial charge in [-0.1, -0.05) is 24.3 Å². The SMILES string of the molecule is CC=C(C(=CC)c1ccc(O)c(C)c1)c1ccc(O)c(C)c1. The second-order valence-corrected chi connectivity index (χ2v) is 5.41. The standard InChI is InChI=1S/C20H22O2/c1-5-17(15-7-9-19(21)13(3)11-15)18(6-2)16-8-10-20(22)14(4)12-16/h5-12,21-22H,1-4H3. The van der Waals surface area contributed by atoms with E-state index in [2.05, 4.69) is 12.2 Å². The first-order valence-corrected chi connectivity index (χ1v) is 7.41. The fourth-order valence-corrected chi connectivity index (χ4v) is 2.60. The van der Waals surface area contributed by atoms with E-state index in [-0.39, 0.29) is 0 Å². The maximum Gasteiger partial charge on any atom is 0.118 e. The summed E-state index contributed by atoms with van der Waals surface area (Å²) in [5, 5.41) is 19.4. The van der Waals surface area contributed by atoms with E-state index in [4.69, 9.17) is 0 Å². The maximum absolute atomic E-state index is 9.72. The lowest BCUT2D eigenvalue weighted by atomic mass is 9.90. The molecule has 0 aromatic heterocycles. The molecule has 2 aromatic carbocycles. The van der Waals surface area contributed by atoms with Crippen LogP contribution in [0.4, 0.5) is 0 Å². The van der Waals surface area contributed by atoms with Crippen LogP contribution < -0.4 is 0 Å². The molecule has 2 heteroatoms. The van der Waals surface area contributed by atoms with E-state index in [9.17, 15) is 10.2 Å². The zero-order chi connectivity index (χ0) is 16.3. The van der Waals surface area contributed by atoms with E-state index < -0.39 is 0 Å². The molecule has 0 spiro atoms. The van der Waals surface area contributed by atoms with Gasteiger partial charge in [-0.3, -0.25) is 0 Å². The van der Waals surface area contributed by atoms with Crippen molar-refractivity contribution in [3.8, 4) is 11.5 Å². The van der Waals surface area contributed by atoms with Crippen LogP contribution in [0.3, 0.4) is 0 Å². The molecular formula is C20H22O2. The van der Waals surface area contributed by atoms with Gasteiger partial charge in [0.15, 0.2) is 0 Å². The van der Waals surface area contributed by atoms with E-state index >= 15 is 0 Å². The van der Waals surface area contributed by atoms with Gasteiger partial charge in [0.2, 0.25) is 0 Å². The van der Waals surface area contributed by atoms with Gasteiger partial charge < -0.3 is 10.2 Å². The molecule has 0 fully saturated rings. The monoisotopic (exact) mass is 294 g/mol. The van der Waals surface area contributed by atoms with Gasteiger partial charge in [-0.05, 0) is 85.4 Å². The fourth-order valence-electron chi connectivity index (χ4n) is 2.60. The fraction of sp³-hybridized carbons (Fsp3) is 0.200. The summed E-state index contributed by atoms with van der Waals surface area (Å²) < 4.78 is 0. The summed E-state index contributed by atoms with van der Waals surface area (Å²) in [6.07, 6.45) is 4.15. The molecule has 2 rings (SSSR count). The van der Waals surface area contributed by atoms with Gasteiger partial charge in [-0.15, -0.1) is 0 Å². The van der Waals surface area contributed by atoms with Gasteiger partial charge in [0.1, 0.15) is 11.5 Å². The first-order valence-electron chi connectivity index (χ1n) is 7.41. The zero-order valence-corrected chi connectivity index (χ0v) is 13.5. The van der Waals surface area contributed by atoms with E-state index in [0.717, 1.165) is 33.4 Å². The minimum Gasteiger partial charge on any atom is -0.508 e. The topological polar surface area (TPSA) is 40.5 Å². The average molecular weight is 294 g/mol. The van der Waals surface area contributed by atoms with Crippen LogP contribution >= 0.6 is 0 Å². The molecule has 0 aliphatic carbocycles. The first-order chi connectivity index (χ1) is 10.5. The van der Waals surface area contributed by atoms with Crippen LogP contribution in [-0.4, -0.2) is 10.2 Å². The molecule has 22 heavy (non-hydrogen) atoms. The summed E-state index contributed by atoms with van der Waals surface area (Å²) in [5.41, 5.74) is 6.06. The molecule has 0 radical (unpaired) electrons. The third-order valence-electron chi connectivity index (χ3n) is 3.88. The highest BCUT2D eigenvalue weighted by molar-refractivity contribution is 6.05. The number of hydrogen-bond donors (Lipinski definition) is 2. The van der Waals surface area contributed by atoms with Gasteiger partial charge >= 0.3 is 0 Å². The molecule has 0 unspecified atom stereocenters. The molecule has 0 aliphatic rings. The van der Waals surface area contributed by atoms with Gasteiger partial charge in [-0.2, -0.15) is 0 Å². The Kier molecular flexibility index (Phi) is 4.71. The van der Waals surface area contributed by atoms with Crippen LogP contribution in [0.25, 0.3) is 11.1 Å². The minimum atomic E-state index is 0.307. The van der Waals surface area contributed by atoms with Gasteiger partial charge in [0.05, 0.1) is 0 Å². The van der Waals surface area contributed by atoms with Crippen molar-refractivity contribution in [2.45, 2.75) is 27.7 Å². The normalized spacial score (nSPS) is 12.5. The lowest BCUT2D eigenvalue weighted by molar-refractivity contribution is 0.470. The van der Waals surface area contributed by atoms with Crippen molar-refractivity contribution in [3.05, 3.63) is 70.8 Å². The Morgan fingerprint density at radius 2 is 1.09 bits per heavy atom. The van der Waals surface area contributed by atoms with Crippen molar-refractivity contribution in [2.24, 2.45) is 0 Å². The Bertz CT molecular complexity index is 687. The van der Waals surface area contributed by atoms with E-state index in [1.54, 1.807) is 12.1 Å². The highest BCUT2D eigenvalue weighted by Crippen LogP contribution is 2.34. The maximum atomic E-state index is 9.72. The highest BCUT2D eigenvalue weighted by atomic mass is 16.3. The molecular weight excluding hydrogens is 272 g/mol. The predicted octanol–water partition coefficient (Wildman–Crippen LogP) is 5.22. The van der Waals surface area contributed by atoms with Gasteiger partial charge in [0.25, 0.3) is 0 Å². The third kappa shape index (κ3) is 3.06. The number of phenols is 2. The molecule has 2 aromatic rings. The molecule has 2 nitrogen and oxygen atoms in total. The van der Waals surface area contributed by atoms with E-state index in [1.165, 1.54) is 0 Å². The Hall–Kier alpha value is -2.48. The number of hydrogen-bond acceptors (Lipinski definition) is 2. The Morgan fingerprint density at radius 3 is 1.36 bits per heavy atom. The largest absolute Gasteiger partial charge is 0.508 e. The van der Waals surface area contributed by atoms with Crippen molar-refractivity contribution in [2.75, 3.05) is 0 Å². The van der Waals surface area contributed by atoms with Gasteiger partial charge in [-0.25, -0.2) is 0 Å². The van der Waals surface area contributed by atoms with Crippen LogP contribution in [-0.2, 0) is 0 Å². The Morgan fingerprint density at radius 1 is 0.727 bits per heavy atom. The van der Waals surface area contributed by atoms with Crippen molar-refractivity contribution in [1.29, 1.82) is 0 Å². The number of aromatic hydroxyl groups is 2. The van der Waals surface area contributed by atoms with Crippen molar-refractivity contribution >= 4 is 11.1 Å². The van der Waals surface area contributed by atoms with Crippen molar-refractivity contribution in [3.63, 3.8) is 0 Å². The number of phenolic OH excluding ortho intramolecular Hbond substituents is 2. The second-order valence-electron chi connectivity index (χ2n) is 5.41. The smallest absolute Gasteiger partial charge is 0.118 e. The average Bonchev–Trinajstić information content (AvgIpc) is 2.50. The summed E-state index contributed by atoms with van der Waals surface area (Å²) in [7, 11) is 0. The van der Waals surface area contributed by atoms with Crippen LogP contribution in [0.5, 0.6) is 11.5 Å². The molecule has 0 atom stereocenters. The van der Waals surface area contributed by atoms with Crippen LogP contribution in [0, 0.1) is 13.8 Å². The van der Waals surface area contributed by atoms with Crippen molar-refractivity contribution in [1.82, 2.24) is 0 Å². The Labute approximate surface area is 132 Å². The molecule has 0 saturated heterocycles. The highest BCUT2D eigenvalue weighted by Gasteiger charge is 2.11. The lowest BCUT2D eigenvalue weighted by Crippen LogP contribution is -1.92. The number of aryl methyl sites for hydroxylation is 2. The van der Waals surface area contributed by atoms with Gasteiger partial charge in [0, 0.05) is 0 Å². The molecule has 0 saturated carbocycles. The molecule has 0 amide bonds. The van der Waals surface area contributed by atoms with E-state index in [1.807, 2.05) is 52.0 Å². The van der Waals surface area contributed by atoms with Crippen molar-refractivity contribution < 1.29 is 10.2 Å². The molecule has 114 valence electrons. The third-order valence-corrected chi connectivity index (χ3v) is 3.88. The first kappa shape index (κ1) is 15.9.